The number of pyridine rings is 1. The van der Waals surface area contributed by atoms with Crippen LogP contribution in [0, 0.1) is 5.92 Å². The SMILES string of the molecule is COc1cc2c(c(OC)c1OC)-c1ccc(NCCCC(=O)N3C[C@H]4C[C@@H](C3)c3cccc(=O)n3C4)c(=O)cc1[C@@H](NC(C)=O)CC2. The van der Waals surface area contributed by atoms with Gasteiger partial charge in [0.1, 0.15) is 0 Å². The molecule has 0 spiro atoms. The Bertz CT molecular complexity index is 1820. The first-order valence-corrected chi connectivity index (χ1v) is 16.2. The normalized spacial score (nSPS) is 19.3. The number of benzene rings is 1. The number of likely N-dealkylation sites (tertiary alicyclic amines) is 1. The average Bonchev–Trinajstić information content (AvgIpc) is 3.30. The molecule has 2 aliphatic heterocycles. The van der Waals surface area contributed by atoms with Crippen molar-refractivity contribution in [2.24, 2.45) is 5.92 Å². The van der Waals surface area contributed by atoms with Gasteiger partial charge in [-0.15, -0.1) is 0 Å². The fraction of sp³-hybridized carbons (Fsp3) is 0.444. The van der Waals surface area contributed by atoms with Gasteiger partial charge < -0.3 is 34.3 Å². The lowest BCUT2D eigenvalue weighted by atomic mass is 9.83. The van der Waals surface area contributed by atoms with Gasteiger partial charge in [-0.2, -0.15) is 0 Å². The van der Waals surface area contributed by atoms with Crippen LogP contribution in [0.3, 0.4) is 0 Å². The summed E-state index contributed by atoms with van der Waals surface area (Å²) in [5, 5.41) is 6.28. The molecule has 1 aliphatic carbocycles. The van der Waals surface area contributed by atoms with E-state index >= 15 is 0 Å². The first-order valence-electron chi connectivity index (χ1n) is 16.2. The number of anilines is 1. The zero-order chi connectivity index (χ0) is 33.2. The number of ether oxygens (including phenoxy) is 3. The number of hydrogen-bond donors (Lipinski definition) is 2. The highest BCUT2D eigenvalue weighted by molar-refractivity contribution is 5.84. The summed E-state index contributed by atoms with van der Waals surface area (Å²) in [4.78, 5) is 53.3. The highest BCUT2D eigenvalue weighted by Gasteiger charge is 2.36. The number of methoxy groups -OCH3 is 3. The fourth-order valence-electron chi connectivity index (χ4n) is 7.57. The molecule has 6 rings (SSSR count). The number of aryl methyl sites for hydroxylation is 1. The Morgan fingerprint density at radius 2 is 1.77 bits per heavy atom. The summed E-state index contributed by atoms with van der Waals surface area (Å²) >= 11 is 0. The number of hydrogen-bond acceptors (Lipinski definition) is 8. The van der Waals surface area contributed by atoms with Crippen molar-refractivity contribution in [3.63, 3.8) is 0 Å². The number of aromatic nitrogens is 1. The monoisotopic (exact) mass is 642 g/mol. The third kappa shape index (κ3) is 6.31. The number of carbonyl (C=O) groups is 2. The summed E-state index contributed by atoms with van der Waals surface area (Å²) in [6.07, 6.45) is 3.10. The van der Waals surface area contributed by atoms with E-state index in [1.807, 2.05) is 27.7 Å². The number of piperidine rings is 1. The summed E-state index contributed by atoms with van der Waals surface area (Å²) in [5.41, 5.74) is 4.43. The fourth-order valence-corrected chi connectivity index (χ4v) is 7.57. The van der Waals surface area contributed by atoms with Gasteiger partial charge >= 0.3 is 0 Å². The Hall–Kier alpha value is -4.80. The van der Waals surface area contributed by atoms with Crippen LogP contribution in [0.25, 0.3) is 11.1 Å². The van der Waals surface area contributed by atoms with Gasteiger partial charge in [-0.25, -0.2) is 0 Å². The molecule has 3 atom stereocenters. The van der Waals surface area contributed by atoms with Crippen molar-refractivity contribution in [3.8, 4) is 28.4 Å². The molecule has 11 heteroatoms. The summed E-state index contributed by atoms with van der Waals surface area (Å²) in [6, 6.07) is 12.2. The largest absolute Gasteiger partial charge is 0.493 e. The van der Waals surface area contributed by atoms with Crippen molar-refractivity contribution in [2.45, 2.75) is 57.5 Å². The maximum atomic E-state index is 13.6. The first kappa shape index (κ1) is 32.2. The second-order valence-corrected chi connectivity index (χ2v) is 12.6. The van der Waals surface area contributed by atoms with E-state index in [2.05, 4.69) is 10.6 Å². The lowest BCUT2D eigenvalue weighted by molar-refractivity contribution is -0.134. The molecule has 11 nitrogen and oxygen atoms in total. The average molecular weight is 643 g/mol. The van der Waals surface area contributed by atoms with Gasteiger partial charge in [0, 0.05) is 62.8 Å². The highest BCUT2D eigenvalue weighted by Crippen LogP contribution is 2.50. The molecule has 2 bridgehead atoms. The maximum absolute atomic E-state index is 13.6. The number of amides is 2. The van der Waals surface area contributed by atoms with Gasteiger partial charge in [-0.1, -0.05) is 12.1 Å². The van der Waals surface area contributed by atoms with Crippen LogP contribution in [0.2, 0.25) is 0 Å². The molecule has 0 saturated carbocycles. The van der Waals surface area contributed by atoms with Crippen LogP contribution >= 0.6 is 0 Å². The van der Waals surface area contributed by atoms with Gasteiger partial charge in [-0.3, -0.25) is 19.2 Å². The van der Waals surface area contributed by atoms with Gasteiger partial charge in [-0.05, 0) is 72.6 Å². The number of nitrogens with zero attached hydrogens (tertiary/aromatic N) is 2. The zero-order valence-electron chi connectivity index (χ0n) is 27.4. The van der Waals surface area contributed by atoms with Crippen LogP contribution in [0.4, 0.5) is 5.69 Å². The van der Waals surface area contributed by atoms with E-state index in [1.165, 1.54) is 6.92 Å². The Kier molecular flexibility index (Phi) is 9.24. The molecule has 47 heavy (non-hydrogen) atoms. The third-order valence-corrected chi connectivity index (χ3v) is 9.63. The maximum Gasteiger partial charge on any atom is 0.250 e. The number of carbonyl (C=O) groups excluding carboxylic acids is 2. The zero-order valence-corrected chi connectivity index (χ0v) is 27.4. The Morgan fingerprint density at radius 3 is 2.51 bits per heavy atom. The standard InChI is InChI=1S/C36H42N4O7/c1-21(41)38-27-12-10-23-16-31(45-2)35(46-3)36(47-4)34(23)25-11-13-28(30(42)17-26(25)27)37-14-6-9-32(43)39-18-22-15-24(20-39)29-7-5-8-33(44)40(29)19-22/h5,7-8,11,13,16-17,22,24,27H,6,9-10,12,14-15,18-20H2,1-4H3,(H,37,42)(H,38,41)/t22-,24+,27+/m1/s1. The Labute approximate surface area is 273 Å². The van der Waals surface area contributed by atoms with Gasteiger partial charge in [0.25, 0.3) is 5.56 Å². The van der Waals surface area contributed by atoms with Gasteiger partial charge in [0.2, 0.25) is 23.0 Å². The van der Waals surface area contributed by atoms with E-state index in [0.29, 0.717) is 80.4 Å². The minimum atomic E-state index is -0.392. The molecule has 2 amide bonds. The van der Waals surface area contributed by atoms with E-state index in [9.17, 15) is 19.2 Å². The molecule has 248 valence electrons. The number of fused-ring (bicyclic) bond motifs is 7. The van der Waals surface area contributed by atoms with Crippen LogP contribution in [0.1, 0.15) is 61.4 Å². The molecular formula is C36H42N4O7. The predicted octanol–water partition coefficient (Wildman–Crippen LogP) is 3.86. The van der Waals surface area contributed by atoms with Gasteiger partial charge in [0.15, 0.2) is 11.5 Å². The van der Waals surface area contributed by atoms with Crippen molar-refractivity contribution >= 4 is 17.5 Å². The first-order chi connectivity index (χ1) is 22.7. The van der Waals surface area contributed by atoms with Crippen LogP contribution < -0.4 is 35.8 Å². The molecule has 1 saturated heterocycles. The predicted molar refractivity (Wildman–Crippen MR) is 179 cm³/mol. The molecule has 0 unspecified atom stereocenters. The van der Waals surface area contributed by atoms with Crippen LogP contribution in [-0.4, -0.2) is 62.2 Å². The smallest absolute Gasteiger partial charge is 0.250 e. The summed E-state index contributed by atoms with van der Waals surface area (Å²) in [7, 11) is 4.69. The third-order valence-electron chi connectivity index (χ3n) is 9.63. The van der Waals surface area contributed by atoms with E-state index in [4.69, 9.17) is 14.2 Å². The second-order valence-electron chi connectivity index (χ2n) is 12.6. The topological polar surface area (TPSA) is 128 Å². The highest BCUT2D eigenvalue weighted by atomic mass is 16.5. The van der Waals surface area contributed by atoms with Crippen LogP contribution in [0.5, 0.6) is 17.2 Å². The molecule has 3 heterocycles. The minimum absolute atomic E-state index is 0.0282. The van der Waals surface area contributed by atoms with Crippen LogP contribution in [0.15, 0.2) is 52.1 Å². The van der Waals surface area contributed by atoms with E-state index < -0.39 is 6.04 Å². The van der Waals surface area contributed by atoms with E-state index in [-0.39, 0.29) is 34.6 Å². The quantitative estimate of drug-likeness (QED) is 0.337. The summed E-state index contributed by atoms with van der Waals surface area (Å²) in [6.45, 7) is 3.84. The lowest BCUT2D eigenvalue weighted by Gasteiger charge is -2.42. The van der Waals surface area contributed by atoms with Crippen molar-refractivity contribution in [3.05, 3.63) is 79.9 Å². The molecule has 0 radical (unpaired) electrons. The lowest BCUT2D eigenvalue weighted by Crippen LogP contribution is -2.49. The second kappa shape index (κ2) is 13.5. The van der Waals surface area contributed by atoms with Gasteiger partial charge in [0.05, 0.1) is 33.1 Å². The van der Waals surface area contributed by atoms with E-state index in [1.54, 1.807) is 45.6 Å². The molecule has 2 aromatic carbocycles. The summed E-state index contributed by atoms with van der Waals surface area (Å²) < 4.78 is 19.0. The Morgan fingerprint density at radius 1 is 0.957 bits per heavy atom. The molecule has 3 aromatic rings. The number of rotatable bonds is 9. The minimum Gasteiger partial charge on any atom is -0.493 e. The van der Waals surface area contributed by atoms with E-state index in [0.717, 1.165) is 28.8 Å². The van der Waals surface area contributed by atoms with Crippen LogP contribution in [-0.2, 0) is 22.6 Å². The molecule has 1 aromatic heterocycles. The molecule has 1 fully saturated rings. The van der Waals surface area contributed by atoms with Crippen molar-refractivity contribution in [1.29, 1.82) is 0 Å². The van der Waals surface area contributed by atoms with Crippen molar-refractivity contribution in [2.75, 3.05) is 46.3 Å². The molecule has 2 N–H and O–H groups in total. The van der Waals surface area contributed by atoms with Crippen molar-refractivity contribution < 1.29 is 23.8 Å². The summed E-state index contributed by atoms with van der Waals surface area (Å²) in [5.74, 6) is 1.83. The molecular weight excluding hydrogens is 600 g/mol. The number of nitrogens with one attached hydrogen (secondary N) is 2. The Balaban J connectivity index is 1.20. The van der Waals surface area contributed by atoms with Crippen molar-refractivity contribution in [1.82, 2.24) is 14.8 Å². The molecule has 3 aliphatic rings.